The number of benzene rings is 1. The van der Waals surface area contributed by atoms with E-state index >= 15 is 0 Å². The van der Waals surface area contributed by atoms with Crippen LogP contribution in [0.1, 0.15) is 24.8 Å². The molecular weight excluding hydrogens is 348 g/mol. The molecule has 2 fully saturated rings. The smallest absolute Gasteiger partial charge is 0.191 e. The molecule has 2 N–H and O–H groups in total. The van der Waals surface area contributed by atoms with Gasteiger partial charge in [-0.2, -0.15) is 0 Å². The number of hydrogen-bond donors (Lipinski definition) is 2. The largest absolute Gasteiger partial charge is 0.356 e. The first-order chi connectivity index (χ1) is 12.5. The topological polar surface area (TPSA) is 73.8 Å². The SMILES string of the molecule is CN=C(NCC1CCS(=O)(=O)C1)NC1CCN(Cc2ccccc2)CC1. The minimum atomic E-state index is -2.82. The molecule has 2 aliphatic heterocycles. The summed E-state index contributed by atoms with van der Waals surface area (Å²) in [5, 5.41) is 6.81. The number of hydrogen-bond acceptors (Lipinski definition) is 4. The van der Waals surface area contributed by atoms with Gasteiger partial charge in [0.2, 0.25) is 0 Å². The van der Waals surface area contributed by atoms with Crippen molar-refractivity contribution in [3.8, 4) is 0 Å². The molecule has 0 spiro atoms. The van der Waals surface area contributed by atoms with Crippen molar-refractivity contribution in [2.75, 3.05) is 38.2 Å². The Balaban J connectivity index is 1.38. The zero-order valence-corrected chi connectivity index (χ0v) is 16.3. The number of likely N-dealkylation sites (tertiary alicyclic amines) is 1. The molecule has 2 aliphatic rings. The number of nitrogens with zero attached hydrogens (tertiary/aromatic N) is 2. The monoisotopic (exact) mass is 378 g/mol. The normalized spacial score (nSPS) is 24.5. The van der Waals surface area contributed by atoms with Crippen LogP contribution in [-0.2, 0) is 16.4 Å². The molecule has 0 aromatic heterocycles. The van der Waals surface area contributed by atoms with E-state index in [2.05, 4.69) is 50.9 Å². The third kappa shape index (κ3) is 5.71. The number of rotatable bonds is 5. The number of piperidine rings is 1. The first-order valence-corrected chi connectivity index (χ1v) is 11.3. The van der Waals surface area contributed by atoms with Gasteiger partial charge in [0, 0.05) is 39.3 Å². The predicted octanol–water partition coefficient (Wildman–Crippen LogP) is 1.25. The highest BCUT2D eigenvalue weighted by atomic mass is 32.2. The van der Waals surface area contributed by atoms with E-state index in [1.165, 1.54) is 5.56 Å². The van der Waals surface area contributed by atoms with Crippen LogP contribution < -0.4 is 10.6 Å². The Morgan fingerprint density at radius 3 is 2.54 bits per heavy atom. The van der Waals surface area contributed by atoms with Crippen molar-refractivity contribution < 1.29 is 8.42 Å². The van der Waals surface area contributed by atoms with Crippen LogP contribution in [0.15, 0.2) is 35.3 Å². The van der Waals surface area contributed by atoms with Gasteiger partial charge in [-0.1, -0.05) is 30.3 Å². The molecule has 1 aromatic rings. The minimum absolute atomic E-state index is 0.200. The summed E-state index contributed by atoms with van der Waals surface area (Å²) in [6.07, 6.45) is 2.93. The van der Waals surface area contributed by atoms with Gasteiger partial charge in [0.05, 0.1) is 11.5 Å². The molecule has 1 atom stereocenters. The van der Waals surface area contributed by atoms with Gasteiger partial charge in [0.1, 0.15) is 0 Å². The standard InChI is InChI=1S/C19H30N4O2S/c1-20-19(21-13-17-9-12-26(24,25)15-17)22-18-7-10-23(11-8-18)14-16-5-3-2-4-6-16/h2-6,17-18H,7-15H2,1H3,(H2,20,21,22). The third-order valence-electron chi connectivity index (χ3n) is 5.29. The molecule has 144 valence electrons. The average molecular weight is 379 g/mol. The molecule has 0 bridgehead atoms. The molecule has 3 rings (SSSR count). The lowest BCUT2D eigenvalue weighted by Gasteiger charge is -2.33. The lowest BCUT2D eigenvalue weighted by molar-refractivity contribution is 0.198. The van der Waals surface area contributed by atoms with Gasteiger partial charge < -0.3 is 10.6 Å². The molecule has 0 saturated carbocycles. The fourth-order valence-corrected chi connectivity index (χ4v) is 5.60. The average Bonchev–Trinajstić information content (AvgIpc) is 3.00. The summed E-state index contributed by atoms with van der Waals surface area (Å²) >= 11 is 0. The van der Waals surface area contributed by atoms with E-state index in [0.29, 0.717) is 24.1 Å². The highest BCUT2D eigenvalue weighted by Gasteiger charge is 2.28. The van der Waals surface area contributed by atoms with Gasteiger partial charge in [0.25, 0.3) is 0 Å². The molecule has 0 radical (unpaired) electrons. The Kier molecular flexibility index (Phi) is 6.53. The predicted molar refractivity (Wildman–Crippen MR) is 106 cm³/mol. The van der Waals surface area contributed by atoms with E-state index in [1.807, 2.05) is 0 Å². The molecular formula is C19H30N4O2S. The molecule has 1 unspecified atom stereocenters. The fraction of sp³-hybridized carbons (Fsp3) is 0.632. The maximum atomic E-state index is 11.6. The van der Waals surface area contributed by atoms with Gasteiger partial charge in [-0.05, 0) is 30.7 Å². The minimum Gasteiger partial charge on any atom is -0.356 e. The first-order valence-electron chi connectivity index (χ1n) is 9.48. The van der Waals surface area contributed by atoms with Crippen molar-refractivity contribution in [2.45, 2.75) is 31.8 Å². The maximum absolute atomic E-state index is 11.6. The van der Waals surface area contributed by atoms with E-state index < -0.39 is 9.84 Å². The number of sulfone groups is 1. The van der Waals surface area contributed by atoms with Crippen LogP contribution in [0, 0.1) is 5.92 Å². The van der Waals surface area contributed by atoms with Crippen LogP contribution in [0.25, 0.3) is 0 Å². The number of nitrogens with one attached hydrogen (secondary N) is 2. The van der Waals surface area contributed by atoms with E-state index in [1.54, 1.807) is 7.05 Å². The van der Waals surface area contributed by atoms with Crippen molar-refractivity contribution in [1.29, 1.82) is 0 Å². The molecule has 2 heterocycles. The summed E-state index contributed by atoms with van der Waals surface area (Å²) in [5.41, 5.74) is 1.36. The highest BCUT2D eigenvalue weighted by Crippen LogP contribution is 2.17. The summed E-state index contributed by atoms with van der Waals surface area (Å²) in [4.78, 5) is 6.79. The molecule has 0 amide bonds. The van der Waals surface area contributed by atoms with Gasteiger partial charge in [-0.15, -0.1) is 0 Å². The van der Waals surface area contributed by atoms with Gasteiger partial charge in [-0.3, -0.25) is 9.89 Å². The summed E-state index contributed by atoms with van der Waals surface area (Å²) in [7, 11) is -1.05. The Morgan fingerprint density at radius 2 is 1.92 bits per heavy atom. The summed E-state index contributed by atoms with van der Waals surface area (Å²) in [5.74, 6) is 1.61. The van der Waals surface area contributed by atoms with Crippen LogP contribution in [0.2, 0.25) is 0 Å². The van der Waals surface area contributed by atoms with E-state index in [0.717, 1.165) is 44.9 Å². The fourth-order valence-electron chi connectivity index (χ4n) is 3.74. The molecule has 0 aliphatic carbocycles. The molecule has 26 heavy (non-hydrogen) atoms. The molecule has 7 heteroatoms. The van der Waals surface area contributed by atoms with Crippen LogP contribution in [0.3, 0.4) is 0 Å². The van der Waals surface area contributed by atoms with Crippen LogP contribution in [-0.4, -0.2) is 63.5 Å². The zero-order chi connectivity index (χ0) is 18.4. The first kappa shape index (κ1) is 19.2. The lowest BCUT2D eigenvalue weighted by atomic mass is 10.0. The zero-order valence-electron chi connectivity index (χ0n) is 15.5. The van der Waals surface area contributed by atoms with Gasteiger partial charge in [-0.25, -0.2) is 8.42 Å². The third-order valence-corrected chi connectivity index (χ3v) is 7.12. The van der Waals surface area contributed by atoms with E-state index in [9.17, 15) is 8.42 Å². The molecule has 1 aromatic carbocycles. The molecule has 6 nitrogen and oxygen atoms in total. The quantitative estimate of drug-likeness (QED) is 0.596. The van der Waals surface area contributed by atoms with Crippen molar-refractivity contribution >= 4 is 15.8 Å². The summed E-state index contributed by atoms with van der Waals surface area (Å²) < 4.78 is 23.1. The maximum Gasteiger partial charge on any atom is 0.191 e. The second-order valence-electron chi connectivity index (χ2n) is 7.40. The second-order valence-corrected chi connectivity index (χ2v) is 9.63. The Hall–Kier alpha value is -1.60. The van der Waals surface area contributed by atoms with Crippen LogP contribution in [0.4, 0.5) is 0 Å². The van der Waals surface area contributed by atoms with Gasteiger partial charge >= 0.3 is 0 Å². The summed E-state index contributed by atoms with van der Waals surface area (Å²) in [6.45, 7) is 3.83. The Bertz CT molecular complexity index is 698. The van der Waals surface area contributed by atoms with Crippen molar-refractivity contribution in [3.63, 3.8) is 0 Å². The van der Waals surface area contributed by atoms with Crippen LogP contribution in [0.5, 0.6) is 0 Å². The van der Waals surface area contributed by atoms with E-state index in [-0.39, 0.29) is 5.92 Å². The Labute approximate surface area is 157 Å². The van der Waals surface area contributed by atoms with Gasteiger partial charge in [0.15, 0.2) is 15.8 Å². The number of aliphatic imine (C=N–C) groups is 1. The lowest BCUT2D eigenvalue weighted by Crippen LogP contribution is -2.49. The second kappa shape index (κ2) is 8.86. The Morgan fingerprint density at radius 1 is 1.19 bits per heavy atom. The van der Waals surface area contributed by atoms with Crippen LogP contribution >= 0.6 is 0 Å². The number of guanidine groups is 1. The molecule has 2 saturated heterocycles. The van der Waals surface area contributed by atoms with Crippen molar-refractivity contribution in [3.05, 3.63) is 35.9 Å². The highest BCUT2D eigenvalue weighted by molar-refractivity contribution is 7.91. The van der Waals surface area contributed by atoms with E-state index in [4.69, 9.17) is 0 Å². The summed E-state index contributed by atoms with van der Waals surface area (Å²) in [6, 6.07) is 11.0. The van der Waals surface area contributed by atoms with Crippen molar-refractivity contribution in [1.82, 2.24) is 15.5 Å². The van der Waals surface area contributed by atoms with Crippen molar-refractivity contribution in [2.24, 2.45) is 10.9 Å².